The van der Waals surface area contributed by atoms with E-state index in [1.165, 1.54) is 52.4 Å². The monoisotopic (exact) mass is 498 g/mol. The summed E-state index contributed by atoms with van der Waals surface area (Å²) in [6, 6.07) is 0. The van der Waals surface area contributed by atoms with Gasteiger partial charge in [0, 0.05) is 0 Å². The Balaban J connectivity index is 4.53. The second-order valence-corrected chi connectivity index (χ2v) is 9.18. The largest absolute Gasteiger partial charge is 0.481 e. The molecule has 0 bridgehead atoms. The van der Waals surface area contributed by atoms with E-state index >= 15 is 0 Å². The third-order valence-corrected chi connectivity index (χ3v) is 5.91. The summed E-state index contributed by atoms with van der Waals surface area (Å²) in [4.78, 5) is 11.4. The van der Waals surface area contributed by atoms with Crippen LogP contribution >= 0.6 is 0 Å². The Kier molecular flexibility index (Phi) is 16.1. The number of carboxylic acids is 1. The molecule has 0 aromatic carbocycles. The van der Waals surface area contributed by atoms with Crippen molar-refractivity contribution in [3.8, 4) is 0 Å². The second kappa shape index (κ2) is 16.9. The minimum Gasteiger partial charge on any atom is -0.481 e. The van der Waals surface area contributed by atoms with E-state index in [0.717, 1.165) is 26.2 Å². The van der Waals surface area contributed by atoms with Crippen molar-refractivity contribution < 1.29 is 36.6 Å². The molecule has 200 valence electrons. The van der Waals surface area contributed by atoms with E-state index in [4.69, 9.17) is 0 Å². The average molecular weight is 499 g/mol. The molecule has 0 radical (unpaired) electrons. The smallest absolute Gasteiger partial charge is 0.431 e. The molecule has 0 saturated carbocycles. The van der Waals surface area contributed by atoms with Crippen molar-refractivity contribution in [2.24, 2.45) is 5.92 Å². The molecule has 3 nitrogen and oxygen atoms in total. The molecule has 0 aliphatic rings. The summed E-state index contributed by atoms with van der Waals surface area (Å²) < 4.78 is 74.0. The summed E-state index contributed by atoms with van der Waals surface area (Å²) >= 11 is 0. The van der Waals surface area contributed by atoms with Crippen LogP contribution in [0.3, 0.4) is 0 Å². The summed E-state index contributed by atoms with van der Waals surface area (Å²) in [6.07, 6.45) is 6.26. The van der Waals surface area contributed by atoms with Gasteiger partial charge in [-0.3, -0.25) is 4.79 Å². The molecule has 0 aliphatic heterocycles. The molecule has 0 amide bonds. The van der Waals surface area contributed by atoms with Crippen molar-refractivity contribution in [2.75, 3.05) is 0 Å². The molecule has 0 aliphatic carbocycles. The highest BCUT2D eigenvalue weighted by Gasteiger charge is 2.63. The van der Waals surface area contributed by atoms with Crippen LogP contribution in [0.15, 0.2) is 23.5 Å². The number of unbranched alkanes of at least 4 members (excludes halogenated alkanes) is 10. The fraction of sp³-hybridized carbons (Fsp3) is 0.808. The minimum atomic E-state index is -5.41. The number of carbonyl (C=O) groups is 1. The Morgan fingerprint density at radius 3 is 1.74 bits per heavy atom. The molecule has 0 aromatic rings. The molecule has 0 aromatic heterocycles. The van der Waals surface area contributed by atoms with Gasteiger partial charge in [-0.15, -0.1) is 0 Å². The number of allylic oxidation sites excluding steroid dienone is 4. The first kappa shape index (κ1) is 32.4. The van der Waals surface area contributed by atoms with Crippen LogP contribution in [0.4, 0.5) is 22.0 Å². The molecule has 34 heavy (non-hydrogen) atoms. The zero-order valence-electron chi connectivity index (χ0n) is 21.2. The molecule has 2 unspecified atom stereocenters. The quantitative estimate of drug-likeness (QED) is 0.0835. The van der Waals surface area contributed by atoms with E-state index < -0.39 is 36.5 Å². The molecule has 0 spiro atoms. The fourth-order valence-electron chi connectivity index (χ4n) is 3.56. The molecule has 2 atom stereocenters. The van der Waals surface area contributed by atoms with Crippen LogP contribution in [0.25, 0.3) is 0 Å². The molecule has 0 saturated heterocycles. The van der Waals surface area contributed by atoms with Crippen molar-refractivity contribution in [1.82, 2.24) is 0 Å². The highest BCUT2D eigenvalue weighted by Crippen LogP contribution is 2.42. The van der Waals surface area contributed by atoms with Crippen LogP contribution in [-0.2, 0) is 9.53 Å². The summed E-state index contributed by atoms with van der Waals surface area (Å²) in [5.41, 5.74) is 0.304. The lowest BCUT2D eigenvalue weighted by Crippen LogP contribution is -2.53. The van der Waals surface area contributed by atoms with E-state index in [2.05, 4.69) is 23.8 Å². The maximum Gasteiger partial charge on any atom is 0.431 e. The van der Waals surface area contributed by atoms with E-state index in [1.807, 2.05) is 0 Å². The van der Waals surface area contributed by atoms with Crippen molar-refractivity contribution in [2.45, 2.75) is 129 Å². The van der Waals surface area contributed by atoms with Crippen LogP contribution in [0, 0.1) is 5.92 Å². The number of alkyl halides is 5. The van der Waals surface area contributed by atoms with Gasteiger partial charge in [-0.25, -0.2) is 8.78 Å². The Labute approximate surface area is 201 Å². The van der Waals surface area contributed by atoms with Crippen LogP contribution in [-0.4, -0.2) is 29.3 Å². The van der Waals surface area contributed by atoms with Gasteiger partial charge in [-0.05, 0) is 58.4 Å². The fourth-order valence-corrected chi connectivity index (χ4v) is 3.56. The topological polar surface area (TPSA) is 46.5 Å². The number of halogens is 5. The third kappa shape index (κ3) is 13.3. The van der Waals surface area contributed by atoms with Crippen molar-refractivity contribution in [1.29, 1.82) is 0 Å². The number of hydrogen-bond acceptors (Lipinski definition) is 2. The molecular formula is C26H43F5O3. The predicted molar refractivity (Wildman–Crippen MR) is 126 cm³/mol. The normalized spacial score (nSPS) is 14.3. The number of hydrogen-bond donors (Lipinski definition) is 1. The van der Waals surface area contributed by atoms with E-state index in [0.29, 0.717) is 18.4 Å². The Hall–Kier alpha value is -1.60. The number of ether oxygens (including phenoxy) is 1. The zero-order chi connectivity index (χ0) is 26.2. The first-order valence-corrected chi connectivity index (χ1v) is 12.5. The van der Waals surface area contributed by atoms with Crippen molar-refractivity contribution in [3.63, 3.8) is 0 Å². The minimum absolute atomic E-state index is 0.111. The SMILES string of the molecule is CCCCCCCC/C=C\CCCCCCC(C(=O)O)C(F)(F)C(OC(C)=C(C)C)C(F)(F)F. The van der Waals surface area contributed by atoms with Crippen LogP contribution in [0.5, 0.6) is 0 Å². The molecular weight excluding hydrogens is 455 g/mol. The molecule has 8 heteroatoms. The molecule has 0 heterocycles. The first-order chi connectivity index (χ1) is 15.9. The molecule has 0 rings (SSSR count). The van der Waals surface area contributed by atoms with Crippen LogP contribution in [0.1, 0.15) is 111 Å². The van der Waals surface area contributed by atoms with Gasteiger partial charge in [0.05, 0.1) is 5.76 Å². The highest BCUT2D eigenvalue weighted by atomic mass is 19.4. The number of rotatable bonds is 19. The van der Waals surface area contributed by atoms with Crippen molar-refractivity contribution >= 4 is 5.97 Å². The summed E-state index contributed by atoms with van der Waals surface area (Å²) in [5, 5.41) is 9.25. The van der Waals surface area contributed by atoms with Crippen LogP contribution in [0.2, 0.25) is 0 Å². The van der Waals surface area contributed by atoms with E-state index in [1.54, 1.807) is 0 Å². The lowest BCUT2D eigenvalue weighted by molar-refractivity contribution is -0.286. The van der Waals surface area contributed by atoms with E-state index in [9.17, 15) is 31.9 Å². The average Bonchev–Trinajstić information content (AvgIpc) is 2.73. The Morgan fingerprint density at radius 1 is 0.824 bits per heavy atom. The molecule has 1 N–H and O–H groups in total. The summed E-state index contributed by atoms with van der Waals surface area (Å²) in [7, 11) is 0. The number of aliphatic carboxylic acids is 1. The van der Waals surface area contributed by atoms with Gasteiger partial charge in [0.1, 0.15) is 5.92 Å². The van der Waals surface area contributed by atoms with E-state index in [-0.39, 0.29) is 12.2 Å². The van der Waals surface area contributed by atoms with Gasteiger partial charge < -0.3 is 9.84 Å². The van der Waals surface area contributed by atoms with Crippen molar-refractivity contribution in [3.05, 3.63) is 23.5 Å². The Morgan fingerprint density at radius 2 is 1.29 bits per heavy atom. The lowest BCUT2D eigenvalue weighted by atomic mass is 9.90. The van der Waals surface area contributed by atoms with Gasteiger partial charge in [-0.2, -0.15) is 13.2 Å². The summed E-state index contributed by atoms with van der Waals surface area (Å²) in [6.45, 7) is 6.20. The summed E-state index contributed by atoms with van der Waals surface area (Å²) in [5.74, 6) is -9.31. The van der Waals surface area contributed by atoms with Gasteiger partial charge in [-0.1, -0.05) is 70.4 Å². The predicted octanol–water partition coefficient (Wildman–Crippen LogP) is 9.23. The first-order valence-electron chi connectivity index (χ1n) is 12.5. The number of carboxylic acid groups (broad SMARTS) is 1. The van der Waals surface area contributed by atoms with Gasteiger partial charge >= 0.3 is 18.1 Å². The van der Waals surface area contributed by atoms with Crippen LogP contribution < -0.4 is 0 Å². The second-order valence-electron chi connectivity index (χ2n) is 9.18. The van der Waals surface area contributed by atoms with Gasteiger partial charge in [0.25, 0.3) is 6.10 Å². The molecule has 0 fully saturated rings. The maximum absolute atomic E-state index is 14.7. The standard InChI is InChI=1S/C26H43F5O3/c1-5-6-7-8-9-10-11-12-13-14-15-16-17-18-19-22(23(32)33)25(27,28)24(26(29,30)31)34-21(4)20(2)3/h12-13,22,24H,5-11,14-19H2,1-4H3,(H,32,33)/b13-12-. The Bertz CT molecular complexity index is 622. The van der Waals surface area contributed by atoms with Gasteiger partial charge in [0.2, 0.25) is 0 Å². The van der Waals surface area contributed by atoms with Gasteiger partial charge in [0.15, 0.2) is 0 Å². The highest BCUT2D eigenvalue weighted by molar-refractivity contribution is 5.71. The zero-order valence-corrected chi connectivity index (χ0v) is 21.2. The third-order valence-electron chi connectivity index (χ3n) is 5.91. The maximum atomic E-state index is 14.7. The lowest BCUT2D eigenvalue weighted by Gasteiger charge is -2.33.